The molecule has 2 aromatic carbocycles. The van der Waals surface area contributed by atoms with Crippen LogP contribution in [0.15, 0.2) is 48.5 Å². The van der Waals surface area contributed by atoms with Crippen molar-refractivity contribution in [2.45, 2.75) is 20.4 Å². The maximum Gasteiger partial charge on any atom is 0.317 e. The number of benzene rings is 2. The van der Waals surface area contributed by atoms with Gasteiger partial charge in [-0.25, -0.2) is 9.18 Å². The maximum absolute atomic E-state index is 12.9. The van der Waals surface area contributed by atoms with E-state index < -0.39 is 0 Å². The summed E-state index contributed by atoms with van der Waals surface area (Å²) >= 11 is 0. The molecule has 1 aliphatic heterocycles. The molecule has 0 unspecified atom stereocenters. The Morgan fingerprint density at radius 1 is 0.964 bits per heavy atom. The van der Waals surface area contributed by atoms with E-state index in [1.54, 1.807) is 12.1 Å². The Morgan fingerprint density at radius 2 is 1.57 bits per heavy atom. The van der Waals surface area contributed by atoms with Crippen LogP contribution in [-0.4, -0.2) is 50.2 Å². The number of halogens is 1. The summed E-state index contributed by atoms with van der Waals surface area (Å²) < 4.78 is 12.9. The van der Waals surface area contributed by atoms with Gasteiger partial charge in [0, 0.05) is 57.2 Å². The van der Waals surface area contributed by atoms with E-state index in [0.717, 1.165) is 31.7 Å². The molecule has 0 spiro atoms. The molecule has 2 amide bonds. The number of hydrogen-bond acceptors (Lipinski definition) is 3. The fourth-order valence-corrected chi connectivity index (χ4v) is 3.52. The molecule has 0 aromatic heterocycles. The fourth-order valence-electron chi connectivity index (χ4n) is 3.52. The Balaban J connectivity index is 1.48. The van der Waals surface area contributed by atoms with E-state index in [1.807, 2.05) is 4.90 Å². The van der Waals surface area contributed by atoms with Gasteiger partial charge in [0.1, 0.15) is 5.82 Å². The highest BCUT2D eigenvalue weighted by atomic mass is 19.1. The van der Waals surface area contributed by atoms with Crippen molar-refractivity contribution in [3.63, 3.8) is 0 Å². The number of amides is 2. The Hall–Kier alpha value is -2.76. The van der Waals surface area contributed by atoms with E-state index in [0.29, 0.717) is 19.6 Å². The molecule has 0 atom stereocenters. The minimum atomic E-state index is -0.267. The summed E-state index contributed by atoms with van der Waals surface area (Å²) in [5, 5.41) is 2.92. The summed E-state index contributed by atoms with van der Waals surface area (Å²) in [6.07, 6.45) is 0. The summed E-state index contributed by atoms with van der Waals surface area (Å²) in [6.45, 7) is 9.74. The number of nitrogens with zero attached hydrogens (tertiary/aromatic N) is 3. The van der Waals surface area contributed by atoms with Gasteiger partial charge < -0.3 is 20.0 Å². The molecule has 0 radical (unpaired) electrons. The van der Waals surface area contributed by atoms with Crippen LogP contribution in [-0.2, 0) is 6.54 Å². The van der Waals surface area contributed by atoms with Gasteiger partial charge in [-0.1, -0.05) is 12.1 Å². The van der Waals surface area contributed by atoms with Gasteiger partial charge in [0.15, 0.2) is 0 Å². The van der Waals surface area contributed by atoms with Crippen LogP contribution in [0, 0.1) is 5.82 Å². The van der Waals surface area contributed by atoms with Gasteiger partial charge in [-0.3, -0.25) is 0 Å². The maximum atomic E-state index is 12.9. The Labute approximate surface area is 166 Å². The third kappa shape index (κ3) is 4.94. The number of nitrogens with one attached hydrogen (secondary N) is 1. The molecule has 1 N–H and O–H groups in total. The minimum absolute atomic E-state index is 0.0687. The third-order valence-electron chi connectivity index (χ3n) is 5.27. The van der Waals surface area contributed by atoms with E-state index >= 15 is 0 Å². The van der Waals surface area contributed by atoms with Crippen LogP contribution in [0.5, 0.6) is 0 Å². The van der Waals surface area contributed by atoms with Gasteiger partial charge in [-0.15, -0.1) is 0 Å². The highest BCUT2D eigenvalue weighted by molar-refractivity contribution is 5.74. The predicted molar refractivity (Wildman–Crippen MR) is 112 cm³/mol. The molecule has 28 heavy (non-hydrogen) atoms. The number of piperazine rings is 1. The van der Waals surface area contributed by atoms with Gasteiger partial charge >= 0.3 is 6.03 Å². The highest BCUT2D eigenvalue weighted by Crippen LogP contribution is 2.22. The minimum Gasteiger partial charge on any atom is -0.372 e. The number of rotatable bonds is 6. The molecular weight excluding hydrogens is 355 g/mol. The number of carbonyl (C=O) groups is 1. The number of hydrogen-bond donors (Lipinski definition) is 1. The van der Waals surface area contributed by atoms with Gasteiger partial charge in [0.25, 0.3) is 0 Å². The Bertz CT molecular complexity index is 751. The topological polar surface area (TPSA) is 38.8 Å². The van der Waals surface area contributed by atoms with Crippen LogP contribution in [0.3, 0.4) is 0 Å². The van der Waals surface area contributed by atoms with Gasteiger partial charge in [-0.05, 0) is 55.8 Å². The van der Waals surface area contributed by atoms with E-state index in [-0.39, 0.29) is 11.8 Å². The average molecular weight is 384 g/mol. The molecule has 0 bridgehead atoms. The lowest BCUT2D eigenvalue weighted by atomic mass is 10.2. The average Bonchev–Trinajstić information content (AvgIpc) is 2.75. The number of anilines is 2. The van der Waals surface area contributed by atoms with Crippen LogP contribution in [0.1, 0.15) is 19.4 Å². The van der Waals surface area contributed by atoms with Crippen LogP contribution in [0.4, 0.5) is 20.6 Å². The second-order valence-electron chi connectivity index (χ2n) is 6.95. The molecule has 5 nitrogen and oxygen atoms in total. The molecule has 0 saturated carbocycles. The standard InChI is InChI=1S/C22H29FN4O/c1-3-25(4-2)20-9-11-21(12-10-20)26-13-15-27(16-14-26)22(28)24-17-18-5-7-19(23)8-6-18/h5-12H,3-4,13-17H2,1-2H3,(H,24,28). The van der Waals surface area contributed by atoms with Crippen molar-refractivity contribution in [2.75, 3.05) is 49.1 Å². The molecule has 1 heterocycles. The monoisotopic (exact) mass is 384 g/mol. The molecular formula is C22H29FN4O. The molecule has 1 saturated heterocycles. The quantitative estimate of drug-likeness (QED) is 0.825. The number of carbonyl (C=O) groups excluding carboxylic acids is 1. The predicted octanol–water partition coefficient (Wildman–Crippen LogP) is 3.70. The van der Waals surface area contributed by atoms with E-state index in [1.165, 1.54) is 23.5 Å². The van der Waals surface area contributed by atoms with E-state index in [9.17, 15) is 9.18 Å². The zero-order valence-corrected chi connectivity index (χ0v) is 16.7. The van der Waals surface area contributed by atoms with Crippen molar-refractivity contribution in [1.29, 1.82) is 0 Å². The second kappa shape index (κ2) is 9.44. The summed E-state index contributed by atoms with van der Waals surface area (Å²) in [4.78, 5) is 18.9. The summed E-state index contributed by atoms with van der Waals surface area (Å²) in [5.41, 5.74) is 3.33. The first-order chi connectivity index (χ1) is 13.6. The summed E-state index contributed by atoms with van der Waals surface area (Å²) in [7, 11) is 0. The normalized spacial score (nSPS) is 14.1. The van der Waals surface area contributed by atoms with Crippen LogP contribution in [0.25, 0.3) is 0 Å². The van der Waals surface area contributed by atoms with Crippen LogP contribution >= 0.6 is 0 Å². The lowest BCUT2D eigenvalue weighted by Gasteiger charge is -2.36. The van der Waals surface area contributed by atoms with E-state index in [2.05, 4.69) is 53.2 Å². The van der Waals surface area contributed by atoms with Crippen molar-refractivity contribution in [1.82, 2.24) is 10.2 Å². The first kappa shape index (κ1) is 20.0. The molecule has 150 valence electrons. The van der Waals surface area contributed by atoms with Crippen molar-refractivity contribution in [3.8, 4) is 0 Å². The molecule has 1 fully saturated rings. The van der Waals surface area contributed by atoms with Crippen molar-refractivity contribution >= 4 is 17.4 Å². The van der Waals surface area contributed by atoms with Crippen molar-refractivity contribution < 1.29 is 9.18 Å². The zero-order valence-electron chi connectivity index (χ0n) is 16.7. The lowest BCUT2D eigenvalue weighted by molar-refractivity contribution is 0.194. The Kier molecular flexibility index (Phi) is 6.74. The van der Waals surface area contributed by atoms with Crippen molar-refractivity contribution in [2.24, 2.45) is 0 Å². The molecule has 0 aliphatic carbocycles. The summed E-state index contributed by atoms with van der Waals surface area (Å²) in [5.74, 6) is -0.267. The molecule has 3 rings (SSSR count). The third-order valence-corrected chi connectivity index (χ3v) is 5.27. The van der Waals surface area contributed by atoms with Gasteiger partial charge in [-0.2, -0.15) is 0 Å². The van der Waals surface area contributed by atoms with Gasteiger partial charge in [0.05, 0.1) is 0 Å². The highest BCUT2D eigenvalue weighted by Gasteiger charge is 2.21. The van der Waals surface area contributed by atoms with Crippen LogP contribution < -0.4 is 15.1 Å². The smallest absolute Gasteiger partial charge is 0.317 e. The van der Waals surface area contributed by atoms with E-state index in [4.69, 9.17) is 0 Å². The lowest BCUT2D eigenvalue weighted by Crippen LogP contribution is -2.51. The number of urea groups is 1. The van der Waals surface area contributed by atoms with Crippen molar-refractivity contribution in [3.05, 3.63) is 59.9 Å². The second-order valence-corrected chi connectivity index (χ2v) is 6.95. The molecule has 1 aliphatic rings. The van der Waals surface area contributed by atoms with Crippen LogP contribution in [0.2, 0.25) is 0 Å². The largest absolute Gasteiger partial charge is 0.372 e. The zero-order chi connectivity index (χ0) is 19.9. The molecule has 6 heteroatoms. The first-order valence-electron chi connectivity index (χ1n) is 9.98. The molecule has 2 aromatic rings. The summed E-state index contributed by atoms with van der Waals surface area (Å²) in [6, 6.07) is 14.8. The first-order valence-corrected chi connectivity index (χ1v) is 9.98. The Morgan fingerprint density at radius 3 is 2.14 bits per heavy atom. The fraction of sp³-hybridized carbons (Fsp3) is 0.409. The SMILES string of the molecule is CCN(CC)c1ccc(N2CCN(C(=O)NCc3ccc(F)cc3)CC2)cc1. The van der Waals surface area contributed by atoms with Gasteiger partial charge in [0.2, 0.25) is 0 Å².